The lowest BCUT2D eigenvalue weighted by atomic mass is 9.83. The molecular weight excluding hydrogens is 232 g/mol. The zero-order chi connectivity index (χ0) is 14.3. The van der Waals surface area contributed by atoms with Gasteiger partial charge in [0.15, 0.2) is 0 Å². The summed E-state index contributed by atoms with van der Waals surface area (Å²) in [5.41, 5.74) is 7.48. The van der Waals surface area contributed by atoms with E-state index in [0.717, 1.165) is 12.8 Å². The Bertz CT molecular complexity index is 344. The maximum atomic E-state index is 6.09. The first-order valence-corrected chi connectivity index (χ1v) is 7.59. The zero-order valence-electron chi connectivity index (χ0n) is 12.9. The van der Waals surface area contributed by atoms with Crippen LogP contribution in [0.4, 0.5) is 0 Å². The van der Waals surface area contributed by atoms with Gasteiger partial charge in [-0.15, -0.1) is 0 Å². The Balaban J connectivity index is 2.77. The largest absolute Gasteiger partial charge is 0.329 e. The summed E-state index contributed by atoms with van der Waals surface area (Å²) in [5.74, 6) is 0.707. The zero-order valence-corrected chi connectivity index (χ0v) is 12.9. The normalized spacial score (nSPS) is 17.7. The van der Waals surface area contributed by atoms with Gasteiger partial charge in [0, 0.05) is 18.1 Å². The van der Waals surface area contributed by atoms with Gasteiger partial charge in [0.2, 0.25) is 0 Å². The quantitative estimate of drug-likeness (QED) is 0.746. The fourth-order valence-corrected chi connectivity index (χ4v) is 2.69. The summed E-state index contributed by atoms with van der Waals surface area (Å²) in [5, 5.41) is 3.79. The van der Waals surface area contributed by atoms with E-state index < -0.39 is 0 Å². The van der Waals surface area contributed by atoms with Crippen LogP contribution < -0.4 is 11.1 Å². The van der Waals surface area contributed by atoms with Crippen molar-refractivity contribution in [1.82, 2.24) is 5.32 Å². The van der Waals surface area contributed by atoms with Crippen LogP contribution in [0.5, 0.6) is 0 Å². The lowest BCUT2D eigenvalue weighted by Crippen LogP contribution is -2.52. The molecule has 1 aromatic carbocycles. The summed E-state index contributed by atoms with van der Waals surface area (Å²) < 4.78 is 0. The molecule has 0 saturated carbocycles. The van der Waals surface area contributed by atoms with Crippen LogP contribution in [-0.2, 0) is 0 Å². The van der Waals surface area contributed by atoms with E-state index in [2.05, 4.69) is 63.3 Å². The van der Waals surface area contributed by atoms with Crippen LogP contribution in [0.3, 0.4) is 0 Å². The standard InChI is InChI=1S/C17H30N2/c1-5-14(3)12-17(6-2,13-18)19-15(4)16-10-8-7-9-11-16/h7-11,14-15,19H,5-6,12-13,18H2,1-4H3. The molecule has 0 aliphatic heterocycles. The summed E-state index contributed by atoms with van der Waals surface area (Å²) in [6.45, 7) is 9.73. The van der Waals surface area contributed by atoms with Crippen molar-refractivity contribution in [1.29, 1.82) is 0 Å². The van der Waals surface area contributed by atoms with Gasteiger partial charge in [0.05, 0.1) is 0 Å². The monoisotopic (exact) mass is 262 g/mol. The van der Waals surface area contributed by atoms with Gasteiger partial charge in [-0.2, -0.15) is 0 Å². The highest BCUT2D eigenvalue weighted by Crippen LogP contribution is 2.25. The smallest absolute Gasteiger partial charge is 0.0309 e. The molecule has 3 unspecified atom stereocenters. The molecule has 2 heteroatoms. The van der Waals surface area contributed by atoms with Crippen LogP contribution in [0.15, 0.2) is 30.3 Å². The minimum Gasteiger partial charge on any atom is -0.329 e. The maximum absolute atomic E-state index is 6.09. The molecule has 0 aliphatic rings. The second-order valence-corrected chi connectivity index (χ2v) is 5.83. The molecule has 108 valence electrons. The number of hydrogen-bond acceptors (Lipinski definition) is 2. The Morgan fingerprint density at radius 1 is 1.16 bits per heavy atom. The number of nitrogens with two attached hydrogens (primary N) is 1. The number of rotatable bonds is 8. The van der Waals surface area contributed by atoms with E-state index in [1.807, 2.05) is 0 Å². The lowest BCUT2D eigenvalue weighted by Gasteiger charge is -2.38. The molecule has 0 amide bonds. The predicted molar refractivity (Wildman–Crippen MR) is 84.1 cm³/mol. The molecule has 1 aromatic rings. The van der Waals surface area contributed by atoms with Crippen LogP contribution in [0.25, 0.3) is 0 Å². The maximum Gasteiger partial charge on any atom is 0.0309 e. The molecule has 0 aliphatic carbocycles. The highest BCUT2D eigenvalue weighted by atomic mass is 15.0. The molecule has 0 spiro atoms. The second kappa shape index (κ2) is 7.66. The van der Waals surface area contributed by atoms with E-state index >= 15 is 0 Å². The average molecular weight is 262 g/mol. The summed E-state index contributed by atoms with van der Waals surface area (Å²) in [4.78, 5) is 0. The van der Waals surface area contributed by atoms with E-state index in [4.69, 9.17) is 5.73 Å². The third kappa shape index (κ3) is 4.63. The number of nitrogens with one attached hydrogen (secondary N) is 1. The third-order valence-electron chi connectivity index (χ3n) is 4.33. The van der Waals surface area contributed by atoms with E-state index in [1.165, 1.54) is 12.0 Å². The first-order chi connectivity index (χ1) is 9.06. The highest BCUT2D eigenvalue weighted by molar-refractivity contribution is 5.18. The van der Waals surface area contributed by atoms with Crippen LogP contribution in [-0.4, -0.2) is 12.1 Å². The lowest BCUT2D eigenvalue weighted by molar-refractivity contribution is 0.233. The van der Waals surface area contributed by atoms with Crippen LogP contribution in [0, 0.1) is 5.92 Å². The summed E-state index contributed by atoms with van der Waals surface area (Å²) in [6, 6.07) is 11.0. The summed E-state index contributed by atoms with van der Waals surface area (Å²) >= 11 is 0. The van der Waals surface area contributed by atoms with Crippen molar-refractivity contribution in [2.45, 2.75) is 58.5 Å². The van der Waals surface area contributed by atoms with Gasteiger partial charge in [0.1, 0.15) is 0 Å². The topological polar surface area (TPSA) is 38.0 Å². The van der Waals surface area contributed by atoms with Gasteiger partial charge >= 0.3 is 0 Å². The first-order valence-electron chi connectivity index (χ1n) is 7.59. The summed E-state index contributed by atoms with van der Waals surface area (Å²) in [6.07, 6.45) is 3.43. The van der Waals surface area contributed by atoms with Gasteiger partial charge in [0.25, 0.3) is 0 Å². The van der Waals surface area contributed by atoms with Crippen molar-refractivity contribution in [3.8, 4) is 0 Å². The molecule has 0 radical (unpaired) electrons. The van der Waals surface area contributed by atoms with Gasteiger partial charge < -0.3 is 11.1 Å². The van der Waals surface area contributed by atoms with Gasteiger partial charge in [-0.3, -0.25) is 0 Å². The van der Waals surface area contributed by atoms with Crippen molar-refractivity contribution in [2.24, 2.45) is 11.7 Å². The molecular formula is C17H30N2. The van der Waals surface area contributed by atoms with Crippen LogP contribution in [0.2, 0.25) is 0 Å². The second-order valence-electron chi connectivity index (χ2n) is 5.83. The Morgan fingerprint density at radius 3 is 2.26 bits per heavy atom. The molecule has 0 heterocycles. The van der Waals surface area contributed by atoms with Gasteiger partial charge in [-0.05, 0) is 31.2 Å². The average Bonchev–Trinajstić information content (AvgIpc) is 2.47. The molecule has 1 rings (SSSR count). The van der Waals surface area contributed by atoms with E-state index in [-0.39, 0.29) is 5.54 Å². The predicted octanol–water partition coefficient (Wildman–Crippen LogP) is 3.88. The van der Waals surface area contributed by atoms with Crippen molar-refractivity contribution >= 4 is 0 Å². The molecule has 3 atom stereocenters. The van der Waals surface area contributed by atoms with E-state index in [9.17, 15) is 0 Å². The van der Waals surface area contributed by atoms with Gasteiger partial charge in [-0.1, -0.05) is 57.5 Å². The number of benzene rings is 1. The molecule has 0 fully saturated rings. The molecule has 0 aromatic heterocycles. The molecule has 2 nitrogen and oxygen atoms in total. The molecule has 3 N–H and O–H groups in total. The fourth-order valence-electron chi connectivity index (χ4n) is 2.69. The molecule has 19 heavy (non-hydrogen) atoms. The Kier molecular flexibility index (Phi) is 6.53. The molecule has 0 bridgehead atoms. The molecule has 0 saturated heterocycles. The minimum absolute atomic E-state index is 0.0602. The fraction of sp³-hybridized carbons (Fsp3) is 0.647. The Labute approximate surface area is 118 Å². The van der Waals surface area contributed by atoms with Crippen molar-refractivity contribution in [3.63, 3.8) is 0 Å². The highest BCUT2D eigenvalue weighted by Gasteiger charge is 2.29. The van der Waals surface area contributed by atoms with Crippen LogP contribution >= 0.6 is 0 Å². The Hall–Kier alpha value is -0.860. The minimum atomic E-state index is 0.0602. The number of hydrogen-bond donors (Lipinski definition) is 2. The van der Waals surface area contributed by atoms with Gasteiger partial charge in [-0.25, -0.2) is 0 Å². The van der Waals surface area contributed by atoms with E-state index in [1.54, 1.807) is 0 Å². The SMILES string of the molecule is CCC(C)CC(CC)(CN)NC(C)c1ccccc1. The van der Waals surface area contributed by atoms with Crippen molar-refractivity contribution in [3.05, 3.63) is 35.9 Å². The summed E-state index contributed by atoms with van der Waals surface area (Å²) in [7, 11) is 0. The first kappa shape index (κ1) is 16.2. The third-order valence-corrected chi connectivity index (χ3v) is 4.33. The van der Waals surface area contributed by atoms with Crippen molar-refractivity contribution < 1.29 is 0 Å². The van der Waals surface area contributed by atoms with Crippen LogP contribution in [0.1, 0.15) is 58.6 Å². The van der Waals surface area contributed by atoms with Crippen molar-refractivity contribution in [2.75, 3.05) is 6.54 Å². The Morgan fingerprint density at radius 2 is 1.79 bits per heavy atom. The van der Waals surface area contributed by atoms with E-state index in [0.29, 0.717) is 18.5 Å².